The number of carbonyl (C=O) groups is 1. The van der Waals surface area contributed by atoms with Gasteiger partial charge in [0.05, 0.1) is 18.1 Å². The van der Waals surface area contributed by atoms with Gasteiger partial charge in [0.25, 0.3) is 0 Å². The minimum Gasteiger partial charge on any atom is -0.493 e. The maximum Gasteiger partial charge on any atom is 0.338 e. The minimum atomic E-state index is -0.352. The summed E-state index contributed by atoms with van der Waals surface area (Å²) in [4.78, 5) is 14.9. The third kappa shape index (κ3) is 2.94. The minimum absolute atomic E-state index is 0.0942. The molecule has 2 aromatic rings. The highest BCUT2D eigenvalue weighted by atomic mass is 16.6. The van der Waals surface area contributed by atoms with Crippen molar-refractivity contribution in [1.82, 2.24) is 4.90 Å². The van der Waals surface area contributed by atoms with Gasteiger partial charge in [-0.2, -0.15) is 0 Å². The lowest BCUT2D eigenvalue weighted by Crippen LogP contribution is -2.43. The molecule has 3 aliphatic rings. The van der Waals surface area contributed by atoms with E-state index in [0.717, 1.165) is 31.0 Å². The number of rotatable bonds is 3. The topological polar surface area (TPSA) is 74.0 Å². The monoisotopic (exact) mass is 406 g/mol. The SMILES string of the molecule is COc1ccc2c3c1OC1C[C@@H](OC(=O)c4ccc(N)cc4)C=C[C@@]31CCN(C)C2. The Morgan fingerprint density at radius 3 is 2.80 bits per heavy atom. The molecule has 1 aliphatic carbocycles. The molecular formula is C24H26N2O4. The van der Waals surface area contributed by atoms with Crippen molar-refractivity contribution < 1.29 is 19.0 Å². The maximum absolute atomic E-state index is 12.6. The smallest absolute Gasteiger partial charge is 0.338 e. The number of anilines is 1. The van der Waals surface area contributed by atoms with Crippen LogP contribution in [0.25, 0.3) is 0 Å². The van der Waals surface area contributed by atoms with E-state index in [0.29, 0.717) is 17.7 Å². The Bertz CT molecular complexity index is 1020. The van der Waals surface area contributed by atoms with Crippen LogP contribution in [0.5, 0.6) is 11.5 Å². The molecule has 2 aromatic carbocycles. The molecule has 0 saturated heterocycles. The lowest BCUT2D eigenvalue weighted by Gasteiger charge is -2.36. The summed E-state index contributed by atoms with van der Waals surface area (Å²) in [7, 11) is 3.82. The van der Waals surface area contributed by atoms with Crippen molar-refractivity contribution in [3.05, 3.63) is 65.2 Å². The van der Waals surface area contributed by atoms with Gasteiger partial charge in [0.15, 0.2) is 11.5 Å². The molecule has 0 aromatic heterocycles. The zero-order valence-electron chi connectivity index (χ0n) is 17.3. The molecule has 0 fully saturated rings. The average Bonchev–Trinajstić information content (AvgIpc) is 3.00. The molecule has 30 heavy (non-hydrogen) atoms. The standard InChI is InChI=1S/C24H26N2O4/c1-26-12-11-24-10-9-18(29-23(27)15-3-6-17(25)7-4-15)13-20(24)30-22-19(28-2)8-5-16(14-26)21(22)24/h3-10,18,20H,11-14,25H2,1-2H3/t18-,20?,24-/m0/s1. The largest absolute Gasteiger partial charge is 0.493 e. The molecule has 2 aliphatic heterocycles. The maximum atomic E-state index is 12.6. The molecule has 0 saturated carbocycles. The summed E-state index contributed by atoms with van der Waals surface area (Å²) in [5.41, 5.74) is 9.11. The predicted molar refractivity (Wildman–Crippen MR) is 114 cm³/mol. The average molecular weight is 406 g/mol. The van der Waals surface area contributed by atoms with Crippen molar-refractivity contribution in [2.75, 3.05) is 26.4 Å². The van der Waals surface area contributed by atoms with Gasteiger partial charge in [-0.25, -0.2) is 4.79 Å². The Balaban J connectivity index is 1.46. The highest BCUT2D eigenvalue weighted by Crippen LogP contribution is 2.55. The fourth-order valence-electron chi connectivity index (χ4n) is 4.98. The highest BCUT2D eigenvalue weighted by Gasteiger charge is 2.53. The van der Waals surface area contributed by atoms with Crippen LogP contribution >= 0.6 is 0 Å². The Kier molecular flexibility index (Phi) is 4.47. The summed E-state index contributed by atoms with van der Waals surface area (Å²) in [6.45, 7) is 1.85. The number of nitrogens with zero attached hydrogens (tertiary/aromatic N) is 1. The number of carbonyl (C=O) groups excluding carboxylic acids is 1. The summed E-state index contributed by atoms with van der Waals surface area (Å²) < 4.78 is 17.9. The Morgan fingerprint density at radius 1 is 1.23 bits per heavy atom. The van der Waals surface area contributed by atoms with Crippen LogP contribution in [0, 0.1) is 0 Å². The second kappa shape index (κ2) is 7.06. The first-order valence-electron chi connectivity index (χ1n) is 10.3. The van der Waals surface area contributed by atoms with Crippen LogP contribution < -0.4 is 15.2 Å². The summed E-state index contributed by atoms with van der Waals surface area (Å²) >= 11 is 0. The van der Waals surface area contributed by atoms with Gasteiger partial charge in [-0.05, 0) is 62.0 Å². The molecule has 0 amide bonds. The molecule has 156 valence electrons. The molecule has 2 N–H and O–H groups in total. The molecular weight excluding hydrogens is 380 g/mol. The first-order valence-corrected chi connectivity index (χ1v) is 10.3. The molecule has 5 rings (SSSR count). The van der Waals surface area contributed by atoms with E-state index in [4.69, 9.17) is 19.9 Å². The van der Waals surface area contributed by atoms with Gasteiger partial charge >= 0.3 is 5.97 Å². The van der Waals surface area contributed by atoms with Crippen LogP contribution in [0.3, 0.4) is 0 Å². The Morgan fingerprint density at radius 2 is 2.03 bits per heavy atom. The zero-order chi connectivity index (χ0) is 20.9. The van der Waals surface area contributed by atoms with E-state index in [1.165, 1.54) is 11.1 Å². The fourth-order valence-corrected chi connectivity index (χ4v) is 4.98. The molecule has 6 heteroatoms. The summed E-state index contributed by atoms with van der Waals surface area (Å²) in [5.74, 6) is 1.25. The van der Waals surface area contributed by atoms with Crippen LogP contribution in [0.2, 0.25) is 0 Å². The van der Waals surface area contributed by atoms with E-state index in [-0.39, 0.29) is 23.6 Å². The van der Waals surface area contributed by atoms with Gasteiger partial charge in [-0.15, -0.1) is 0 Å². The number of nitrogens with two attached hydrogens (primary N) is 1. The van der Waals surface area contributed by atoms with Crippen molar-refractivity contribution in [1.29, 1.82) is 0 Å². The number of methoxy groups -OCH3 is 1. The van der Waals surface area contributed by atoms with Gasteiger partial charge < -0.3 is 24.8 Å². The molecule has 0 bridgehead atoms. The van der Waals surface area contributed by atoms with Gasteiger partial charge in [0.1, 0.15) is 12.2 Å². The van der Waals surface area contributed by atoms with Crippen molar-refractivity contribution in [3.63, 3.8) is 0 Å². The lowest BCUT2D eigenvalue weighted by atomic mass is 9.69. The molecule has 2 heterocycles. The van der Waals surface area contributed by atoms with Crippen molar-refractivity contribution in [2.24, 2.45) is 0 Å². The second-order valence-corrected chi connectivity index (χ2v) is 8.43. The van der Waals surface area contributed by atoms with E-state index in [2.05, 4.69) is 24.1 Å². The van der Waals surface area contributed by atoms with E-state index >= 15 is 0 Å². The van der Waals surface area contributed by atoms with Crippen LogP contribution in [0.15, 0.2) is 48.6 Å². The number of hydrogen-bond acceptors (Lipinski definition) is 6. The molecule has 6 nitrogen and oxygen atoms in total. The van der Waals surface area contributed by atoms with E-state index in [1.54, 1.807) is 31.4 Å². The number of hydrogen-bond donors (Lipinski definition) is 1. The Hall–Kier alpha value is -2.99. The Labute approximate surface area is 176 Å². The number of benzene rings is 2. The molecule has 1 unspecified atom stereocenters. The number of esters is 1. The third-order valence-electron chi connectivity index (χ3n) is 6.53. The summed E-state index contributed by atoms with van der Waals surface area (Å²) in [6.07, 6.45) is 5.36. The number of nitrogen functional groups attached to an aromatic ring is 1. The van der Waals surface area contributed by atoms with Crippen LogP contribution in [-0.4, -0.2) is 43.8 Å². The fraction of sp³-hybridized carbons (Fsp3) is 0.375. The molecule has 0 radical (unpaired) electrons. The van der Waals surface area contributed by atoms with E-state index < -0.39 is 0 Å². The normalized spacial score (nSPS) is 26.9. The van der Waals surface area contributed by atoms with Gasteiger partial charge in [-0.1, -0.05) is 12.1 Å². The lowest BCUT2D eigenvalue weighted by molar-refractivity contribution is 0.0218. The predicted octanol–water partition coefficient (Wildman–Crippen LogP) is 3.30. The molecule has 3 atom stereocenters. The quantitative estimate of drug-likeness (QED) is 0.479. The first kappa shape index (κ1) is 19.0. The van der Waals surface area contributed by atoms with Gasteiger partial charge in [-0.3, -0.25) is 0 Å². The van der Waals surface area contributed by atoms with Crippen molar-refractivity contribution in [2.45, 2.75) is 37.0 Å². The zero-order valence-corrected chi connectivity index (χ0v) is 17.3. The van der Waals surface area contributed by atoms with Crippen molar-refractivity contribution >= 4 is 11.7 Å². The summed E-state index contributed by atoms with van der Waals surface area (Å²) in [5, 5.41) is 0. The third-order valence-corrected chi connectivity index (χ3v) is 6.53. The van der Waals surface area contributed by atoms with Crippen LogP contribution in [0.1, 0.15) is 34.3 Å². The van der Waals surface area contributed by atoms with E-state index in [9.17, 15) is 4.79 Å². The first-order chi connectivity index (χ1) is 14.5. The van der Waals surface area contributed by atoms with Gasteiger partial charge in [0, 0.05) is 24.2 Å². The van der Waals surface area contributed by atoms with Crippen LogP contribution in [0.4, 0.5) is 5.69 Å². The summed E-state index contributed by atoms with van der Waals surface area (Å²) in [6, 6.07) is 10.9. The second-order valence-electron chi connectivity index (χ2n) is 8.43. The highest BCUT2D eigenvalue weighted by molar-refractivity contribution is 5.90. The van der Waals surface area contributed by atoms with Crippen LogP contribution in [-0.2, 0) is 16.7 Å². The van der Waals surface area contributed by atoms with E-state index in [1.807, 2.05) is 12.1 Å². The number of ether oxygens (including phenoxy) is 3. The molecule has 1 spiro atoms. The van der Waals surface area contributed by atoms with Crippen molar-refractivity contribution in [3.8, 4) is 11.5 Å². The van der Waals surface area contributed by atoms with Gasteiger partial charge in [0.2, 0.25) is 0 Å².